The van der Waals surface area contributed by atoms with Gasteiger partial charge in [0.1, 0.15) is 0 Å². The molecule has 0 aliphatic rings. The first kappa shape index (κ1) is 8.77. The second kappa shape index (κ2) is 3.51. The fourth-order valence-corrected chi connectivity index (χ4v) is 1.28. The summed E-state index contributed by atoms with van der Waals surface area (Å²) in [5, 5.41) is 2.66. The van der Waals surface area contributed by atoms with Gasteiger partial charge >= 0.3 is 0 Å². The van der Waals surface area contributed by atoms with Crippen LogP contribution in [0.5, 0.6) is 0 Å². The standard InChI is InChI=1S/C10H11N3O/c11-7-8-1-3-9(4-2-8)13-6-5-10(14)12-13/h1-6H,7,11H2,(H,12,14). The third-order valence-corrected chi connectivity index (χ3v) is 2.06. The zero-order valence-corrected chi connectivity index (χ0v) is 7.60. The highest BCUT2D eigenvalue weighted by atomic mass is 16.1. The molecule has 0 aliphatic carbocycles. The summed E-state index contributed by atoms with van der Waals surface area (Å²) in [4.78, 5) is 10.9. The third-order valence-electron chi connectivity index (χ3n) is 2.06. The van der Waals surface area contributed by atoms with Crippen LogP contribution in [0.2, 0.25) is 0 Å². The molecule has 1 aromatic heterocycles. The van der Waals surface area contributed by atoms with Crippen molar-refractivity contribution in [2.45, 2.75) is 6.54 Å². The Bertz CT molecular complexity index is 467. The molecule has 4 heteroatoms. The van der Waals surface area contributed by atoms with Gasteiger partial charge in [0, 0.05) is 18.8 Å². The van der Waals surface area contributed by atoms with Crippen LogP contribution in [-0.2, 0) is 6.54 Å². The highest BCUT2D eigenvalue weighted by Crippen LogP contribution is 2.06. The minimum atomic E-state index is -0.104. The number of rotatable bonds is 2. The number of nitrogens with zero attached hydrogens (tertiary/aromatic N) is 1. The SMILES string of the molecule is NCc1ccc(-n2ccc(=O)[nH]2)cc1. The summed E-state index contributed by atoms with van der Waals surface area (Å²) in [5.41, 5.74) is 7.37. The van der Waals surface area contributed by atoms with Crippen LogP contribution < -0.4 is 11.3 Å². The molecule has 0 spiro atoms. The van der Waals surface area contributed by atoms with Crippen molar-refractivity contribution in [2.24, 2.45) is 5.73 Å². The molecule has 14 heavy (non-hydrogen) atoms. The maximum atomic E-state index is 10.9. The van der Waals surface area contributed by atoms with Gasteiger partial charge in [0.05, 0.1) is 5.69 Å². The molecule has 0 saturated heterocycles. The van der Waals surface area contributed by atoms with Gasteiger partial charge in [-0.2, -0.15) is 0 Å². The van der Waals surface area contributed by atoms with E-state index in [1.165, 1.54) is 6.07 Å². The van der Waals surface area contributed by atoms with Gasteiger partial charge in [0.25, 0.3) is 5.56 Å². The maximum absolute atomic E-state index is 10.9. The van der Waals surface area contributed by atoms with Crippen molar-refractivity contribution in [1.82, 2.24) is 9.78 Å². The number of hydrogen-bond donors (Lipinski definition) is 2. The van der Waals surface area contributed by atoms with Crippen molar-refractivity contribution < 1.29 is 0 Å². The van der Waals surface area contributed by atoms with E-state index in [1.54, 1.807) is 10.9 Å². The number of nitrogens with one attached hydrogen (secondary N) is 1. The predicted octanol–water partition coefficient (Wildman–Crippen LogP) is 0.624. The molecule has 2 rings (SSSR count). The van der Waals surface area contributed by atoms with Gasteiger partial charge in [-0.15, -0.1) is 0 Å². The largest absolute Gasteiger partial charge is 0.326 e. The van der Waals surface area contributed by atoms with Gasteiger partial charge < -0.3 is 5.73 Å². The summed E-state index contributed by atoms with van der Waals surface area (Å²) in [5.74, 6) is 0. The molecule has 72 valence electrons. The Labute approximate surface area is 81.0 Å². The molecule has 4 nitrogen and oxygen atoms in total. The summed E-state index contributed by atoms with van der Waals surface area (Å²) in [6.07, 6.45) is 1.69. The molecule has 2 aromatic rings. The normalized spacial score (nSPS) is 10.4. The smallest absolute Gasteiger partial charge is 0.264 e. The molecule has 3 N–H and O–H groups in total. The minimum absolute atomic E-state index is 0.104. The summed E-state index contributed by atoms with van der Waals surface area (Å²) < 4.78 is 1.67. The number of hydrogen-bond acceptors (Lipinski definition) is 2. The monoisotopic (exact) mass is 189 g/mol. The maximum Gasteiger partial charge on any atom is 0.264 e. The average molecular weight is 189 g/mol. The molecule has 0 saturated carbocycles. The molecular formula is C10H11N3O. The Morgan fingerprint density at radius 2 is 1.93 bits per heavy atom. The van der Waals surface area contributed by atoms with Crippen molar-refractivity contribution in [2.75, 3.05) is 0 Å². The Morgan fingerprint density at radius 1 is 1.21 bits per heavy atom. The summed E-state index contributed by atoms with van der Waals surface area (Å²) in [6.45, 7) is 0.530. The zero-order chi connectivity index (χ0) is 9.97. The van der Waals surface area contributed by atoms with Crippen molar-refractivity contribution in [3.05, 3.63) is 52.4 Å². The molecule has 1 heterocycles. The predicted molar refractivity (Wildman–Crippen MR) is 54.3 cm³/mol. The topological polar surface area (TPSA) is 63.8 Å². The molecule has 0 bridgehead atoms. The van der Waals surface area contributed by atoms with Crippen LogP contribution in [-0.4, -0.2) is 9.78 Å². The number of nitrogens with two attached hydrogens (primary N) is 1. The van der Waals surface area contributed by atoms with E-state index in [0.717, 1.165) is 11.3 Å². The Kier molecular flexibility index (Phi) is 2.20. The second-order valence-corrected chi connectivity index (χ2v) is 3.03. The van der Waals surface area contributed by atoms with Gasteiger partial charge in [-0.1, -0.05) is 12.1 Å². The van der Waals surface area contributed by atoms with Crippen molar-refractivity contribution in [1.29, 1.82) is 0 Å². The summed E-state index contributed by atoms with van der Waals surface area (Å²) in [7, 11) is 0. The highest BCUT2D eigenvalue weighted by molar-refractivity contribution is 5.33. The van der Waals surface area contributed by atoms with Gasteiger partial charge in [-0.3, -0.25) is 14.6 Å². The van der Waals surface area contributed by atoms with Crippen LogP contribution in [0.3, 0.4) is 0 Å². The highest BCUT2D eigenvalue weighted by Gasteiger charge is 1.96. The lowest BCUT2D eigenvalue weighted by atomic mass is 10.2. The third kappa shape index (κ3) is 1.60. The van der Waals surface area contributed by atoms with E-state index in [4.69, 9.17) is 5.73 Å². The van der Waals surface area contributed by atoms with E-state index in [1.807, 2.05) is 24.3 Å². The molecule has 0 atom stereocenters. The van der Waals surface area contributed by atoms with Crippen LogP contribution in [0, 0.1) is 0 Å². The van der Waals surface area contributed by atoms with Crippen LogP contribution in [0.25, 0.3) is 5.69 Å². The van der Waals surface area contributed by atoms with Gasteiger partial charge in [-0.25, -0.2) is 0 Å². The van der Waals surface area contributed by atoms with E-state index >= 15 is 0 Å². The van der Waals surface area contributed by atoms with Crippen LogP contribution in [0.15, 0.2) is 41.3 Å². The lowest BCUT2D eigenvalue weighted by Crippen LogP contribution is -2.03. The van der Waals surface area contributed by atoms with E-state index in [-0.39, 0.29) is 5.56 Å². The van der Waals surface area contributed by atoms with E-state index in [2.05, 4.69) is 5.10 Å². The number of aromatic nitrogens is 2. The minimum Gasteiger partial charge on any atom is -0.326 e. The summed E-state index contributed by atoms with van der Waals surface area (Å²) in [6, 6.07) is 9.19. The van der Waals surface area contributed by atoms with Crippen molar-refractivity contribution in [3.63, 3.8) is 0 Å². The van der Waals surface area contributed by atoms with Crippen LogP contribution in [0.4, 0.5) is 0 Å². The molecule has 0 aliphatic heterocycles. The van der Waals surface area contributed by atoms with E-state index < -0.39 is 0 Å². The van der Waals surface area contributed by atoms with Gasteiger partial charge in [0.2, 0.25) is 0 Å². The molecular weight excluding hydrogens is 178 g/mol. The zero-order valence-electron chi connectivity index (χ0n) is 7.60. The Morgan fingerprint density at radius 3 is 2.43 bits per heavy atom. The molecule has 0 amide bonds. The number of aromatic amines is 1. The summed E-state index contributed by atoms with van der Waals surface area (Å²) >= 11 is 0. The van der Waals surface area contributed by atoms with Crippen molar-refractivity contribution in [3.8, 4) is 5.69 Å². The van der Waals surface area contributed by atoms with Gasteiger partial charge in [-0.05, 0) is 17.7 Å². The van der Waals surface area contributed by atoms with Crippen molar-refractivity contribution >= 4 is 0 Å². The van der Waals surface area contributed by atoms with Gasteiger partial charge in [0.15, 0.2) is 0 Å². The fraction of sp³-hybridized carbons (Fsp3) is 0.100. The lowest BCUT2D eigenvalue weighted by Gasteiger charge is -2.02. The van der Waals surface area contributed by atoms with E-state index in [9.17, 15) is 4.79 Å². The van der Waals surface area contributed by atoms with Crippen LogP contribution >= 0.6 is 0 Å². The van der Waals surface area contributed by atoms with E-state index in [0.29, 0.717) is 6.54 Å². The van der Waals surface area contributed by atoms with Crippen LogP contribution in [0.1, 0.15) is 5.56 Å². The Balaban J connectivity index is 2.38. The first-order chi connectivity index (χ1) is 6.79. The molecule has 0 radical (unpaired) electrons. The Hall–Kier alpha value is -1.81. The quantitative estimate of drug-likeness (QED) is 0.727. The molecule has 1 aromatic carbocycles. The molecule has 0 fully saturated rings. The first-order valence-corrected chi connectivity index (χ1v) is 4.36. The number of H-pyrrole nitrogens is 1. The molecule has 0 unspecified atom stereocenters. The average Bonchev–Trinajstić information content (AvgIpc) is 2.65. The number of benzene rings is 1. The lowest BCUT2D eigenvalue weighted by molar-refractivity contribution is 0.862. The fourth-order valence-electron chi connectivity index (χ4n) is 1.28. The second-order valence-electron chi connectivity index (χ2n) is 3.03. The first-order valence-electron chi connectivity index (χ1n) is 4.36.